The van der Waals surface area contributed by atoms with E-state index in [9.17, 15) is 9.59 Å². The lowest BCUT2D eigenvalue weighted by molar-refractivity contribution is 0.0881. The van der Waals surface area contributed by atoms with E-state index >= 15 is 0 Å². The van der Waals surface area contributed by atoms with Crippen LogP contribution in [-0.4, -0.2) is 11.8 Å². The third-order valence-corrected chi connectivity index (χ3v) is 5.30. The van der Waals surface area contributed by atoms with Gasteiger partial charge in [0.15, 0.2) is 0 Å². The van der Waals surface area contributed by atoms with Crippen LogP contribution >= 0.6 is 0 Å². The molecule has 4 rings (SSSR count). The number of benzene rings is 4. The summed E-state index contributed by atoms with van der Waals surface area (Å²) in [5, 5.41) is 6.30. The Kier molecular flexibility index (Phi) is 6.73. The van der Waals surface area contributed by atoms with Crippen LogP contribution in [-0.2, 0) is 0 Å². The second-order valence-corrected chi connectivity index (χ2v) is 7.46. The molecule has 0 radical (unpaired) electrons. The number of amides is 2. The van der Waals surface area contributed by atoms with E-state index in [1.165, 1.54) is 0 Å². The Labute approximate surface area is 187 Å². The van der Waals surface area contributed by atoms with Gasteiger partial charge >= 0.3 is 0 Å². The summed E-state index contributed by atoms with van der Waals surface area (Å²) in [4.78, 5) is 26.2. The highest BCUT2D eigenvalue weighted by atomic mass is 16.2. The van der Waals surface area contributed by atoms with Crippen LogP contribution in [0.25, 0.3) is 0 Å². The van der Waals surface area contributed by atoms with E-state index in [1.54, 1.807) is 24.3 Å². The standard InChI is InChI=1S/C28H24N2O2/c31-27(23-17-9-3-10-18-23)29-25(21-13-5-1-6-14-21)26(22-15-7-2-8-16-22)30-28(32)24-19-11-4-12-20-24/h1-20,25-26H,(H,29,31)(H,30,32)/t25-,26?/m0/s1. The maximum Gasteiger partial charge on any atom is 0.251 e. The molecule has 0 heterocycles. The van der Waals surface area contributed by atoms with Gasteiger partial charge in [0.2, 0.25) is 0 Å². The van der Waals surface area contributed by atoms with Gasteiger partial charge in [0, 0.05) is 11.1 Å². The summed E-state index contributed by atoms with van der Waals surface area (Å²) in [6.45, 7) is 0. The number of rotatable bonds is 7. The van der Waals surface area contributed by atoms with Gasteiger partial charge in [-0.1, -0.05) is 97.1 Å². The number of hydrogen-bond donors (Lipinski definition) is 2. The third kappa shape index (κ3) is 5.10. The van der Waals surface area contributed by atoms with Gasteiger partial charge in [-0.05, 0) is 35.4 Å². The molecule has 0 aromatic heterocycles. The summed E-state index contributed by atoms with van der Waals surface area (Å²) in [7, 11) is 0. The average molecular weight is 421 g/mol. The van der Waals surface area contributed by atoms with Crippen LogP contribution in [0.5, 0.6) is 0 Å². The number of carbonyl (C=O) groups excluding carboxylic acids is 2. The fourth-order valence-electron chi connectivity index (χ4n) is 3.67. The summed E-state index contributed by atoms with van der Waals surface area (Å²) in [5.41, 5.74) is 2.93. The van der Waals surface area contributed by atoms with Crippen molar-refractivity contribution in [1.29, 1.82) is 0 Å². The molecule has 4 heteroatoms. The summed E-state index contributed by atoms with van der Waals surface area (Å²) in [6.07, 6.45) is 0. The minimum atomic E-state index is -0.473. The zero-order chi connectivity index (χ0) is 22.2. The molecule has 0 aliphatic heterocycles. The van der Waals surface area contributed by atoms with E-state index in [0.717, 1.165) is 11.1 Å². The molecule has 2 atom stereocenters. The topological polar surface area (TPSA) is 58.2 Å². The van der Waals surface area contributed by atoms with E-state index in [1.807, 2.05) is 97.1 Å². The Bertz CT molecular complexity index is 1050. The van der Waals surface area contributed by atoms with Gasteiger partial charge in [0.1, 0.15) is 0 Å². The molecule has 2 amide bonds. The van der Waals surface area contributed by atoms with Crippen LogP contribution in [0, 0.1) is 0 Å². The molecule has 0 spiro atoms. The van der Waals surface area contributed by atoms with Crippen LogP contribution in [0.4, 0.5) is 0 Å². The molecule has 0 saturated carbocycles. The first-order chi connectivity index (χ1) is 15.7. The highest BCUT2D eigenvalue weighted by Gasteiger charge is 2.28. The van der Waals surface area contributed by atoms with Gasteiger partial charge in [-0.25, -0.2) is 0 Å². The summed E-state index contributed by atoms with van der Waals surface area (Å²) in [5.74, 6) is -0.399. The SMILES string of the molecule is O=C(NC(c1ccccc1)[C@@H](NC(=O)c1ccccc1)c1ccccc1)c1ccccc1. The summed E-state index contributed by atoms with van der Waals surface area (Å²) < 4.78 is 0. The average Bonchev–Trinajstić information content (AvgIpc) is 2.88. The molecule has 0 fully saturated rings. The van der Waals surface area contributed by atoms with E-state index in [-0.39, 0.29) is 11.8 Å². The number of carbonyl (C=O) groups is 2. The van der Waals surface area contributed by atoms with E-state index in [0.29, 0.717) is 11.1 Å². The molecule has 0 aliphatic carbocycles. The molecule has 4 aromatic rings. The Morgan fingerprint density at radius 2 is 0.719 bits per heavy atom. The van der Waals surface area contributed by atoms with E-state index < -0.39 is 12.1 Å². The lowest BCUT2D eigenvalue weighted by Crippen LogP contribution is -2.40. The predicted molar refractivity (Wildman–Crippen MR) is 126 cm³/mol. The first kappa shape index (κ1) is 21.1. The van der Waals surface area contributed by atoms with Gasteiger partial charge in [-0.2, -0.15) is 0 Å². The van der Waals surface area contributed by atoms with Crippen LogP contribution in [0.3, 0.4) is 0 Å². The zero-order valence-corrected chi connectivity index (χ0v) is 17.5. The van der Waals surface area contributed by atoms with Crippen molar-refractivity contribution >= 4 is 11.8 Å². The van der Waals surface area contributed by atoms with Gasteiger partial charge < -0.3 is 10.6 Å². The minimum absolute atomic E-state index is 0.200. The van der Waals surface area contributed by atoms with Crippen molar-refractivity contribution in [1.82, 2.24) is 10.6 Å². The van der Waals surface area contributed by atoms with Crippen LogP contribution in [0.15, 0.2) is 121 Å². The fraction of sp³-hybridized carbons (Fsp3) is 0.0714. The third-order valence-electron chi connectivity index (χ3n) is 5.30. The fourth-order valence-corrected chi connectivity index (χ4v) is 3.67. The Morgan fingerprint density at radius 3 is 1.03 bits per heavy atom. The molecule has 4 nitrogen and oxygen atoms in total. The number of nitrogens with one attached hydrogen (secondary N) is 2. The van der Waals surface area contributed by atoms with Crippen molar-refractivity contribution in [3.8, 4) is 0 Å². The molecular weight excluding hydrogens is 396 g/mol. The smallest absolute Gasteiger partial charge is 0.251 e. The molecule has 0 saturated heterocycles. The molecule has 0 bridgehead atoms. The largest absolute Gasteiger partial charge is 0.343 e. The lowest BCUT2D eigenvalue weighted by Gasteiger charge is -2.30. The summed E-state index contributed by atoms with van der Waals surface area (Å²) >= 11 is 0. The Balaban J connectivity index is 1.72. The molecule has 1 unspecified atom stereocenters. The molecule has 32 heavy (non-hydrogen) atoms. The van der Waals surface area contributed by atoms with Crippen molar-refractivity contribution in [3.63, 3.8) is 0 Å². The highest BCUT2D eigenvalue weighted by molar-refractivity contribution is 5.95. The van der Waals surface area contributed by atoms with E-state index in [2.05, 4.69) is 10.6 Å². The molecule has 4 aromatic carbocycles. The van der Waals surface area contributed by atoms with Crippen LogP contribution in [0.1, 0.15) is 43.9 Å². The van der Waals surface area contributed by atoms with Crippen molar-refractivity contribution in [2.45, 2.75) is 12.1 Å². The molecule has 158 valence electrons. The Morgan fingerprint density at radius 1 is 0.438 bits per heavy atom. The van der Waals surface area contributed by atoms with Crippen LogP contribution < -0.4 is 10.6 Å². The maximum atomic E-state index is 13.1. The van der Waals surface area contributed by atoms with Gasteiger partial charge in [-0.15, -0.1) is 0 Å². The zero-order valence-electron chi connectivity index (χ0n) is 17.5. The summed E-state index contributed by atoms with van der Waals surface area (Å²) in [6, 6.07) is 36.6. The van der Waals surface area contributed by atoms with Gasteiger partial charge in [0.05, 0.1) is 12.1 Å². The maximum absolute atomic E-state index is 13.1. The predicted octanol–water partition coefficient (Wildman–Crippen LogP) is 5.33. The first-order valence-electron chi connectivity index (χ1n) is 10.5. The minimum Gasteiger partial charge on any atom is -0.343 e. The van der Waals surface area contributed by atoms with Crippen molar-refractivity contribution in [3.05, 3.63) is 144 Å². The van der Waals surface area contributed by atoms with Gasteiger partial charge in [0.25, 0.3) is 11.8 Å². The normalized spacial score (nSPS) is 12.4. The number of hydrogen-bond acceptors (Lipinski definition) is 2. The Hall–Kier alpha value is -4.18. The van der Waals surface area contributed by atoms with E-state index in [4.69, 9.17) is 0 Å². The molecule has 2 N–H and O–H groups in total. The molecule has 0 aliphatic rings. The second-order valence-electron chi connectivity index (χ2n) is 7.46. The molecular formula is C28H24N2O2. The lowest BCUT2D eigenvalue weighted by atomic mass is 9.92. The first-order valence-corrected chi connectivity index (χ1v) is 10.5. The van der Waals surface area contributed by atoms with Crippen molar-refractivity contribution in [2.24, 2.45) is 0 Å². The van der Waals surface area contributed by atoms with Crippen LogP contribution in [0.2, 0.25) is 0 Å². The highest BCUT2D eigenvalue weighted by Crippen LogP contribution is 2.30. The van der Waals surface area contributed by atoms with Crippen molar-refractivity contribution in [2.75, 3.05) is 0 Å². The second kappa shape index (κ2) is 10.2. The monoisotopic (exact) mass is 420 g/mol. The quantitative estimate of drug-likeness (QED) is 0.425. The van der Waals surface area contributed by atoms with Gasteiger partial charge in [-0.3, -0.25) is 9.59 Å². The van der Waals surface area contributed by atoms with Crippen molar-refractivity contribution < 1.29 is 9.59 Å².